The number of likely N-dealkylation sites (tertiary alicyclic amines) is 1. The molecule has 40 heavy (non-hydrogen) atoms. The molecule has 4 aromatic rings. The number of nitrogens with zero attached hydrogens (tertiary/aromatic N) is 2. The molecule has 2 fully saturated rings. The highest BCUT2D eigenvalue weighted by atomic mass is 16.2. The van der Waals surface area contributed by atoms with Crippen molar-refractivity contribution in [3.8, 4) is 0 Å². The average Bonchev–Trinajstić information content (AvgIpc) is 3.38. The number of aromatic amines is 2. The Bertz CT molecular complexity index is 1550. The quantitative estimate of drug-likeness (QED) is 0.241. The molecule has 3 heterocycles. The first kappa shape index (κ1) is 25.5. The highest BCUT2D eigenvalue weighted by molar-refractivity contribution is 6.37. The van der Waals surface area contributed by atoms with Gasteiger partial charge in [0, 0.05) is 41.8 Å². The number of fused-ring (bicyclic) bond motifs is 1. The predicted octanol–water partition coefficient (Wildman–Crippen LogP) is 2.34. The van der Waals surface area contributed by atoms with Crippen LogP contribution in [-0.2, 0) is 27.3 Å². The van der Waals surface area contributed by atoms with Gasteiger partial charge in [-0.3, -0.25) is 24.3 Å². The Balaban J connectivity index is 1.22. The van der Waals surface area contributed by atoms with Crippen LogP contribution in [0.25, 0.3) is 10.9 Å². The summed E-state index contributed by atoms with van der Waals surface area (Å²) < 4.78 is 0. The van der Waals surface area contributed by atoms with E-state index in [1.807, 2.05) is 54.6 Å². The zero-order valence-corrected chi connectivity index (χ0v) is 21.8. The SMILES string of the molecule is NC(=O)C1CC2(CC2[C@H](Cc2ccn[nH]2)C(=O)C(=O)NCc2ccccc2)CN1C(=O)c1cc2ccccc2[nH]1. The molecule has 1 aliphatic heterocycles. The molecule has 3 amide bonds. The lowest BCUT2D eigenvalue weighted by atomic mass is 9.86. The topological polar surface area (TPSA) is 154 Å². The van der Waals surface area contributed by atoms with E-state index in [1.165, 1.54) is 4.90 Å². The minimum absolute atomic E-state index is 0.187. The number of benzene rings is 2. The molecule has 2 aliphatic rings. The zero-order chi connectivity index (χ0) is 27.9. The summed E-state index contributed by atoms with van der Waals surface area (Å²) in [6.45, 7) is 0.534. The highest BCUT2D eigenvalue weighted by Crippen LogP contribution is 2.63. The van der Waals surface area contributed by atoms with Crippen LogP contribution in [0.2, 0.25) is 0 Å². The number of primary amides is 1. The lowest BCUT2D eigenvalue weighted by molar-refractivity contribution is -0.141. The molecule has 2 aromatic heterocycles. The Morgan fingerprint density at radius 2 is 1.82 bits per heavy atom. The van der Waals surface area contributed by atoms with E-state index in [-0.39, 0.29) is 24.9 Å². The summed E-state index contributed by atoms with van der Waals surface area (Å²) >= 11 is 0. The summed E-state index contributed by atoms with van der Waals surface area (Å²) in [6, 6.07) is 19.7. The number of ketones is 1. The first-order chi connectivity index (χ1) is 19.3. The molecule has 10 nitrogen and oxygen atoms in total. The number of hydrogen-bond donors (Lipinski definition) is 4. The van der Waals surface area contributed by atoms with Gasteiger partial charge in [0.1, 0.15) is 11.7 Å². The number of nitrogens with two attached hydrogens (primary N) is 1. The van der Waals surface area contributed by atoms with Crippen molar-refractivity contribution < 1.29 is 19.2 Å². The number of Topliss-reactive ketones (excluding diaryl/α,β-unsaturated/α-hetero) is 1. The van der Waals surface area contributed by atoms with Gasteiger partial charge in [-0.1, -0.05) is 48.5 Å². The second kappa shape index (κ2) is 10.1. The number of hydrogen-bond acceptors (Lipinski definition) is 5. The summed E-state index contributed by atoms with van der Waals surface area (Å²) in [7, 11) is 0. The summed E-state index contributed by atoms with van der Waals surface area (Å²) in [6.07, 6.45) is 2.89. The molecule has 1 saturated carbocycles. The molecule has 1 spiro atoms. The third kappa shape index (κ3) is 4.76. The molecule has 1 saturated heterocycles. The molecule has 1 aliphatic carbocycles. The Labute approximate surface area is 230 Å². The predicted molar refractivity (Wildman–Crippen MR) is 147 cm³/mol. The van der Waals surface area contributed by atoms with Gasteiger partial charge in [0.05, 0.1) is 0 Å². The smallest absolute Gasteiger partial charge is 0.287 e. The number of nitrogens with one attached hydrogen (secondary N) is 3. The number of carbonyl (C=O) groups excluding carboxylic acids is 4. The normalized spacial score (nSPS) is 22.4. The fraction of sp³-hybridized carbons (Fsp3) is 0.300. The van der Waals surface area contributed by atoms with Gasteiger partial charge in [-0.05, 0) is 54.4 Å². The van der Waals surface area contributed by atoms with Crippen LogP contribution in [-0.4, -0.2) is 56.2 Å². The van der Waals surface area contributed by atoms with Crippen LogP contribution in [0, 0.1) is 17.3 Å². The van der Waals surface area contributed by atoms with E-state index in [4.69, 9.17) is 5.73 Å². The van der Waals surface area contributed by atoms with Crippen molar-refractivity contribution in [2.45, 2.75) is 31.8 Å². The van der Waals surface area contributed by atoms with E-state index in [9.17, 15) is 19.2 Å². The van der Waals surface area contributed by atoms with E-state index in [0.717, 1.165) is 22.2 Å². The van der Waals surface area contributed by atoms with Crippen molar-refractivity contribution in [3.63, 3.8) is 0 Å². The van der Waals surface area contributed by atoms with E-state index in [2.05, 4.69) is 20.5 Å². The van der Waals surface area contributed by atoms with Gasteiger partial charge in [-0.15, -0.1) is 0 Å². The van der Waals surface area contributed by atoms with Gasteiger partial charge >= 0.3 is 0 Å². The van der Waals surface area contributed by atoms with Crippen LogP contribution >= 0.6 is 0 Å². The van der Waals surface area contributed by atoms with Gasteiger partial charge in [-0.25, -0.2) is 0 Å². The fourth-order valence-corrected chi connectivity index (χ4v) is 6.27. The van der Waals surface area contributed by atoms with E-state index >= 15 is 0 Å². The van der Waals surface area contributed by atoms with Crippen LogP contribution in [0.5, 0.6) is 0 Å². The zero-order valence-electron chi connectivity index (χ0n) is 21.8. The number of carbonyl (C=O) groups is 4. The Hall–Kier alpha value is -4.73. The minimum atomic E-state index is -0.793. The van der Waals surface area contributed by atoms with Gasteiger partial charge < -0.3 is 20.9 Å². The number of rotatable bonds is 9. The second-order valence-corrected chi connectivity index (χ2v) is 10.9. The molecule has 6 rings (SSSR count). The first-order valence-electron chi connectivity index (χ1n) is 13.4. The molecule has 2 aromatic carbocycles. The Morgan fingerprint density at radius 1 is 1.05 bits per heavy atom. The number of aromatic nitrogens is 3. The van der Waals surface area contributed by atoms with Crippen molar-refractivity contribution in [2.24, 2.45) is 23.0 Å². The molecular weight excluding hydrogens is 508 g/mol. The van der Waals surface area contributed by atoms with Crippen molar-refractivity contribution in [1.82, 2.24) is 25.4 Å². The van der Waals surface area contributed by atoms with Gasteiger partial charge in [0.2, 0.25) is 11.7 Å². The second-order valence-electron chi connectivity index (χ2n) is 10.9. The number of para-hydroxylation sites is 1. The van der Waals surface area contributed by atoms with Crippen molar-refractivity contribution in [1.29, 1.82) is 0 Å². The first-order valence-corrected chi connectivity index (χ1v) is 13.4. The van der Waals surface area contributed by atoms with Crippen LogP contribution < -0.4 is 11.1 Å². The minimum Gasteiger partial charge on any atom is -0.368 e. The molecule has 3 unspecified atom stereocenters. The maximum atomic E-state index is 13.6. The average molecular weight is 539 g/mol. The molecule has 5 N–H and O–H groups in total. The van der Waals surface area contributed by atoms with Gasteiger partial charge in [-0.2, -0.15) is 5.10 Å². The lowest BCUT2D eigenvalue weighted by Crippen LogP contribution is -2.43. The fourth-order valence-electron chi connectivity index (χ4n) is 6.27. The molecule has 0 radical (unpaired) electrons. The Kier molecular flexibility index (Phi) is 6.45. The summed E-state index contributed by atoms with van der Waals surface area (Å²) in [5.74, 6) is -2.86. The monoisotopic (exact) mass is 538 g/mol. The molecule has 10 heteroatoms. The van der Waals surface area contributed by atoms with Crippen molar-refractivity contribution in [3.05, 3.63) is 89.9 Å². The van der Waals surface area contributed by atoms with E-state index in [0.29, 0.717) is 25.0 Å². The van der Waals surface area contributed by atoms with Gasteiger partial charge in [0.15, 0.2) is 0 Å². The summed E-state index contributed by atoms with van der Waals surface area (Å²) in [5.41, 5.74) is 8.14. The lowest BCUT2D eigenvalue weighted by Gasteiger charge is -2.22. The Morgan fingerprint density at radius 3 is 2.55 bits per heavy atom. The standard InChI is InChI=1S/C30H30N6O4/c31-27(38)25-15-30(17-36(25)29(40)24-12-19-8-4-5-9-23(19)34-24)14-22(30)21(13-20-10-11-33-35-20)26(37)28(39)32-16-18-6-2-1-3-7-18/h1-12,21-22,25,34H,13-17H2,(H2,31,38)(H,32,39)(H,33,35)/t21-,22?,25?,30?/m0/s1. The van der Waals surface area contributed by atoms with Crippen molar-refractivity contribution >= 4 is 34.4 Å². The summed E-state index contributed by atoms with van der Waals surface area (Å²) in [4.78, 5) is 57.3. The maximum absolute atomic E-state index is 13.6. The van der Waals surface area contributed by atoms with E-state index < -0.39 is 35.0 Å². The summed E-state index contributed by atoms with van der Waals surface area (Å²) in [5, 5.41) is 10.5. The highest BCUT2D eigenvalue weighted by Gasteiger charge is 2.65. The molecular formula is C30H30N6O4. The van der Waals surface area contributed by atoms with Crippen LogP contribution in [0.1, 0.15) is 34.6 Å². The van der Waals surface area contributed by atoms with Crippen molar-refractivity contribution in [2.75, 3.05) is 6.54 Å². The maximum Gasteiger partial charge on any atom is 0.287 e. The molecule has 4 atom stereocenters. The van der Waals surface area contributed by atoms with E-state index in [1.54, 1.807) is 18.3 Å². The van der Waals surface area contributed by atoms with Crippen LogP contribution in [0.3, 0.4) is 0 Å². The third-order valence-corrected chi connectivity index (χ3v) is 8.40. The largest absolute Gasteiger partial charge is 0.368 e. The molecule has 0 bridgehead atoms. The van der Waals surface area contributed by atoms with Crippen LogP contribution in [0.4, 0.5) is 0 Å². The number of H-pyrrole nitrogens is 2. The van der Waals surface area contributed by atoms with Crippen LogP contribution in [0.15, 0.2) is 72.9 Å². The van der Waals surface area contributed by atoms with Gasteiger partial charge in [0.25, 0.3) is 11.8 Å². The number of amides is 3. The molecule has 204 valence electrons. The third-order valence-electron chi connectivity index (χ3n) is 8.40.